The summed E-state index contributed by atoms with van der Waals surface area (Å²) in [5.41, 5.74) is 5.15. The predicted octanol–water partition coefficient (Wildman–Crippen LogP) is 1.39. The number of hydrogen-bond donors (Lipinski definition) is 1. The van der Waals surface area contributed by atoms with Gasteiger partial charge in [0.25, 0.3) is 0 Å². The van der Waals surface area contributed by atoms with E-state index in [1.807, 2.05) is 0 Å². The zero-order valence-electron chi connectivity index (χ0n) is 11.4. The van der Waals surface area contributed by atoms with Crippen molar-refractivity contribution in [2.45, 2.75) is 45.6 Å². The third kappa shape index (κ3) is 4.64. The summed E-state index contributed by atoms with van der Waals surface area (Å²) >= 11 is 0. The van der Waals surface area contributed by atoms with Gasteiger partial charge in [-0.25, -0.2) is 0 Å². The molecule has 0 aromatic carbocycles. The summed E-state index contributed by atoms with van der Waals surface area (Å²) in [6.07, 6.45) is 3.23. The Kier molecular flexibility index (Phi) is 5.40. The molecule has 2 unspecified atom stereocenters. The minimum Gasteiger partial charge on any atom is -0.465 e. The van der Waals surface area contributed by atoms with Crippen LogP contribution >= 0.6 is 0 Å². The number of nitrogens with zero attached hydrogens (tertiary/aromatic N) is 1. The van der Waals surface area contributed by atoms with Gasteiger partial charge in [0.15, 0.2) is 0 Å². The molecule has 1 heterocycles. The molecule has 0 spiro atoms. The molecule has 0 saturated carbocycles. The number of carbonyl (C=O) groups is 1. The number of likely N-dealkylation sites (tertiary alicyclic amines) is 1. The van der Waals surface area contributed by atoms with E-state index in [0.717, 1.165) is 25.6 Å². The van der Waals surface area contributed by atoms with Gasteiger partial charge in [-0.3, -0.25) is 4.79 Å². The van der Waals surface area contributed by atoms with Gasteiger partial charge in [0.1, 0.15) is 5.54 Å². The van der Waals surface area contributed by atoms with E-state index >= 15 is 0 Å². The van der Waals surface area contributed by atoms with Crippen molar-refractivity contribution < 1.29 is 9.53 Å². The van der Waals surface area contributed by atoms with Crippen LogP contribution in [0.2, 0.25) is 0 Å². The van der Waals surface area contributed by atoms with Gasteiger partial charge in [0.2, 0.25) is 0 Å². The Hall–Kier alpha value is -0.610. The molecule has 0 radical (unpaired) electrons. The Balaban J connectivity index is 2.35. The van der Waals surface area contributed by atoms with Gasteiger partial charge in [-0.15, -0.1) is 0 Å². The first-order valence-corrected chi connectivity index (χ1v) is 6.64. The molecule has 1 aliphatic rings. The summed E-state index contributed by atoms with van der Waals surface area (Å²) < 4.78 is 4.99. The maximum Gasteiger partial charge on any atom is 0.325 e. The van der Waals surface area contributed by atoms with Crippen molar-refractivity contribution in [3.05, 3.63) is 0 Å². The molecule has 0 amide bonds. The van der Waals surface area contributed by atoms with Gasteiger partial charge in [0, 0.05) is 13.1 Å². The Morgan fingerprint density at radius 2 is 2.29 bits per heavy atom. The second kappa shape index (κ2) is 6.36. The lowest BCUT2D eigenvalue weighted by atomic mass is 9.96. The summed E-state index contributed by atoms with van der Waals surface area (Å²) in [4.78, 5) is 14.0. The molecule has 17 heavy (non-hydrogen) atoms. The van der Waals surface area contributed by atoms with Gasteiger partial charge in [-0.05, 0) is 45.6 Å². The highest BCUT2D eigenvalue weighted by Crippen LogP contribution is 2.17. The van der Waals surface area contributed by atoms with Crippen molar-refractivity contribution >= 4 is 5.97 Å². The van der Waals surface area contributed by atoms with Crippen LogP contribution < -0.4 is 5.73 Å². The molecular weight excluding hydrogens is 216 g/mol. The van der Waals surface area contributed by atoms with Gasteiger partial charge in [0.05, 0.1) is 6.61 Å². The van der Waals surface area contributed by atoms with Crippen LogP contribution in [-0.4, -0.2) is 42.6 Å². The average molecular weight is 242 g/mol. The highest BCUT2D eigenvalue weighted by atomic mass is 16.5. The monoisotopic (exact) mass is 242 g/mol. The van der Waals surface area contributed by atoms with Gasteiger partial charge in [-0.1, -0.05) is 6.92 Å². The third-order valence-corrected chi connectivity index (χ3v) is 3.43. The SMILES string of the molecule is CCOC(=O)C(C)(N)CCN1CCCC(C)C1. The quantitative estimate of drug-likeness (QED) is 0.740. The van der Waals surface area contributed by atoms with Crippen molar-refractivity contribution in [3.8, 4) is 0 Å². The zero-order chi connectivity index (χ0) is 12.9. The van der Waals surface area contributed by atoms with E-state index in [4.69, 9.17) is 10.5 Å². The van der Waals surface area contributed by atoms with Crippen LogP contribution in [0.3, 0.4) is 0 Å². The molecule has 1 rings (SSSR count). The first-order valence-electron chi connectivity index (χ1n) is 6.64. The molecule has 2 N–H and O–H groups in total. The van der Waals surface area contributed by atoms with E-state index in [1.165, 1.54) is 12.8 Å². The molecule has 0 aromatic heterocycles. The topological polar surface area (TPSA) is 55.6 Å². The molecule has 4 heteroatoms. The minimum absolute atomic E-state index is 0.287. The maximum absolute atomic E-state index is 11.6. The molecule has 1 saturated heterocycles. The fraction of sp³-hybridized carbons (Fsp3) is 0.923. The van der Waals surface area contributed by atoms with Crippen molar-refractivity contribution in [2.75, 3.05) is 26.2 Å². The predicted molar refractivity (Wildman–Crippen MR) is 68.7 cm³/mol. The van der Waals surface area contributed by atoms with E-state index in [0.29, 0.717) is 13.0 Å². The summed E-state index contributed by atoms with van der Waals surface area (Å²) in [7, 11) is 0. The molecule has 1 fully saturated rings. The fourth-order valence-corrected chi connectivity index (χ4v) is 2.28. The van der Waals surface area contributed by atoms with Gasteiger partial charge in [-0.2, -0.15) is 0 Å². The molecule has 0 bridgehead atoms. The summed E-state index contributed by atoms with van der Waals surface area (Å²) in [6.45, 7) is 9.38. The first kappa shape index (κ1) is 14.5. The summed E-state index contributed by atoms with van der Waals surface area (Å²) in [5.74, 6) is 0.473. The molecule has 0 aromatic rings. The molecule has 0 aliphatic carbocycles. The van der Waals surface area contributed by atoms with Crippen LogP contribution in [0.1, 0.15) is 40.0 Å². The van der Waals surface area contributed by atoms with E-state index < -0.39 is 5.54 Å². The summed E-state index contributed by atoms with van der Waals surface area (Å²) in [5, 5.41) is 0. The van der Waals surface area contributed by atoms with Crippen LogP contribution in [-0.2, 0) is 9.53 Å². The maximum atomic E-state index is 11.6. The number of hydrogen-bond acceptors (Lipinski definition) is 4. The molecular formula is C13H26N2O2. The van der Waals surface area contributed by atoms with Crippen LogP contribution in [0.25, 0.3) is 0 Å². The normalized spacial score (nSPS) is 25.3. The minimum atomic E-state index is -0.851. The van der Waals surface area contributed by atoms with E-state index in [2.05, 4.69) is 11.8 Å². The van der Waals surface area contributed by atoms with Crippen LogP contribution in [0.15, 0.2) is 0 Å². The lowest BCUT2D eigenvalue weighted by Crippen LogP contribution is -2.49. The molecule has 1 aliphatic heterocycles. The second-order valence-corrected chi connectivity index (χ2v) is 5.44. The van der Waals surface area contributed by atoms with Crippen LogP contribution in [0, 0.1) is 5.92 Å². The number of rotatable bonds is 5. The Labute approximate surface area is 104 Å². The van der Waals surface area contributed by atoms with Crippen molar-refractivity contribution in [1.29, 1.82) is 0 Å². The Bertz CT molecular complexity index is 254. The van der Waals surface area contributed by atoms with Crippen molar-refractivity contribution in [2.24, 2.45) is 11.7 Å². The highest BCUT2D eigenvalue weighted by molar-refractivity contribution is 5.79. The van der Waals surface area contributed by atoms with E-state index in [9.17, 15) is 4.79 Å². The average Bonchev–Trinajstić information content (AvgIpc) is 2.27. The Morgan fingerprint density at radius 3 is 2.88 bits per heavy atom. The van der Waals surface area contributed by atoms with Crippen molar-refractivity contribution in [3.63, 3.8) is 0 Å². The largest absolute Gasteiger partial charge is 0.465 e. The fourth-order valence-electron chi connectivity index (χ4n) is 2.28. The number of piperidine rings is 1. The molecule has 100 valence electrons. The number of esters is 1. The number of nitrogens with two attached hydrogens (primary N) is 1. The summed E-state index contributed by atoms with van der Waals surface area (Å²) in [6, 6.07) is 0. The molecule has 4 nitrogen and oxygen atoms in total. The highest BCUT2D eigenvalue weighted by Gasteiger charge is 2.30. The third-order valence-electron chi connectivity index (χ3n) is 3.43. The van der Waals surface area contributed by atoms with E-state index in [-0.39, 0.29) is 5.97 Å². The second-order valence-electron chi connectivity index (χ2n) is 5.44. The first-order chi connectivity index (χ1) is 7.95. The standard InChI is InChI=1S/C13H26N2O2/c1-4-17-12(16)13(3,14)7-9-15-8-5-6-11(2)10-15/h11H,4-10,14H2,1-3H3. The van der Waals surface area contributed by atoms with Crippen LogP contribution in [0.5, 0.6) is 0 Å². The zero-order valence-corrected chi connectivity index (χ0v) is 11.4. The lowest BCUT2D eigenvalue weighted by Gasteiger charge is -2.33. The van der Waals surface area contributed by atoms with Crippen LogP contribution in [0.4, 0.5) is 0 Å². The Morgan fingerprint density at radius 1 is 1.59 bits per heavy atom. The smallest absolute Gasteiger partial charge is 0.325 e. The van der Waals surface area contributed by atoms with Gasteiger partial charge < -0.3 is 15.4 Å². The van der Waals surface area contributed by atoms with E-state index in [1.54, 1.807) is 13.8 Å². The van der Waals surface area contributed by atoms with Gasteiger partial charge >= 0.3 is 5.97 Å². The van der Waals surface area contributed by atoms with Crippen molar-refractivity contribution in [1.82, 2.24) is 4.90 Å². The number of carbonyl (C=O) groups excluding carboxylic acids is 1. The lowest BCUT2D eigenvalue weighted by molar-refractivity contribution is -0.149. The molecule has 2 atom stereocenters. The number of ether oxygens (including phenoxy) is 1.